The topological polar surface area (TPSA) is 119 Å². The molecule has 2 N–H and O–H groups in total. The SMILES string of the molecule is CN1CCN(C(=O)Nc2ccc3c(c2)CN(C2CCC(=O)NC2=O)C3=O)CC1=O. The Balaban J connectivity index is 1.45. The number of amides is 6. The minimum absolute atomic E-state index is 0.0229. The molecule has 0 bridgehead atoms. The molecule has 2 fully saturated rings. The minimum Gasteiger partial charge on any atom is -0.342 e. The number of rotatable bonds is 2. The smallest absolute Gasteiger partial charge is 0.322 e. The fourth-order valence-corrected chi connectivity index (χ4v) is 3.79. The van der Waals surface area contributed by atoms with Crippen molar-refractivity contribution in [2.24, 2.45) is 0 Å². The van der Waals surface area contributed by atoms with Gasteiger partial charge >= 0.3 is 6.03 Å². The van der Waals surface area contributed by atoms with Crippen LogP contribution in [-0.2, 0) is 20.9 Å². The van der Waals surface area contributed by atoms with E-state index in [2.05, 4.69) is 10.6 Å². The van der Waals surface area contributed by atoms with Crippen LogP contribution in [0.4, 0.5) is 10.5 Å². The molecule has 10 heteroatoms. The first kappa shape index (κ1) is 18.9. The number of nitrogens with zero attached hydrogens (tertiary/aromatic N) is 3. The monoisotopic (exact) mass is 399 g/mol. The van der Waals surface area contributed by atoms with Crippen LogP contribution in [0.25, 0.3) is 0 Å². The van der Waals surface area contributed by atoms with Gasteiger partial charge in [0.25, 0.3) is 5.91 Å². The molecule has 0 aliphatic carbocycles. The maximum absolute atomic E-state index is 12.7. The van der Waals surface area contributed by atoms with Crippen LogP contribution in [0.5, 0.6) is 0 Å². The van der Waals surface area contributed by atoms with Crippen molar-refractivity contribution in [3.8, 4) is 0 Å². The Hall–Kier alpha value is -3.43. The molecule has 1 unspecified atom stereocenters. The number of piperazine rings is 1. The third kappa shape index (κ3) is 3.53. The highest BCUT2D eigenvalue weighted by molar-refractivity contribution is 6.05. The molecular weight excluding hydrogens is 378 g/mol. The summed E-state index contributed by atoms with van der Waals surface area (Å²) < 4.78 is 0. The van der Waals surface area contributed by atoms with Gasteiger partial charge in [-0.15, -0.1) is 0 Å². The number of carbonyl (C=O) groups excluding carboxylic acids is 5. The van der Waals surface area contributed by atoms with Gasteiger partial charge in [0.15, 0.2) is 0 Å². The number of benzene rings is 1. The lowest BCUT2D eigenvalue weighted by atomic mass is 10.0. The molecule has 3 heterocycles. The zero-order valence-electron chi connectivity index (χ0n) is 15.9. The predicted octanol–water partition coefficient (Wildman–Crippen LogP) is -0.246. The summed E-state index contributed by atoms with van der Waals surface area (Å²) >= 11 is 0. The summed E-state index contributed by atoms with van der Waals surface area (Å²) in [5.74, 6) is -1.18. The standard InChI is InChI=1S/C19H21N5O5/c1-22-6-7-23(10-16(22)26)19(29)20-12-2-3-13-11(8-12)9-24(18(13)28)14-4-5-15(25)21-17(14)27/h2-3,8,14H,4-7,9-10H2,1H3,(H,20,29)(H,21,25,27). The van der Waals surface area contributed by atoms with Gasteiger partial charge in [-0.05, 0) is 30.2 Å². The summed E-state index contributed by atoms with van der Waals surface area (Å²) in [5, 5.41) is 5.03. The lowest BCUT2D eigenvalue weighted by Crippen LogP contribution is -2.52. The Morgan fingerprint density at radius 3 is 2.66 bits per heavy atom. The van der Waals surface area contributed by atoms with E-state index in [0.717, 1.165) is 0 Å². The fourth-order valence-electron chi connectivity index (χ4n) is 3.79. The van der Waals surface area contributed by atoms with Crippen molar-refractivity contribution >= 4 is 35.3 Å². The summed E-state index contributed by atoms with van der Waals surface area (Å²) in [7, 11) is 1.70. The van der Waals surface area contributed by atoms with Crippen molar-refractivity contribution < 1.29 is 24.0 Å². The summed E-state index contributed by atoms with van der Waals surface area (Å²) in [6.45, 7) is 1.18. The third-order valence-corrected chi connectivity index (χ3v) is 5.52. The van der Waals surface area contributed by atoms with E-state index in [1.165, 1.54) is 9.80 Å². The highest BCUT2D eigenvalue weighted by atomic mass is 16.2. The first-order chi connectivity index (χ1) is 13.8. The quantitative estimate of drug-likeness (QED) is 0.665. The molecule has 1 atom stereocenters. The minimum atomic E-state index is -0.679. The molecule has 29 heavy (non-hydrogen) atoms. The van der Waals surface area contributed by atoms with E-state index in [0.29, 0.717) is 36.3 Å². The fraction of sp³-hybridized carbons (Fsp3) is 0.421. The number of fused-ring (bicyclic) bond motifs is 1. The van der Waals surface area contributed by atoms with Crippen molar-refractivity contribution in [2.75, 3.05) is 32.0 Å². The van der Waals surface area contributed by atoms with Crippen molar-refractivity contribution in [3.05, 3.63) is 29.3 Å². The van der Waals surface area contributed by atoms with Crippen molar-refractivity contribution in [1.82, 2.24) is 20.0 Å². The average molecular weight is 399 g/mol. The highest BCUT2D eigenvalue weighted by Crippen LogP contribution is 2.29. The van der Waals surface area contributed by atoms with Gasteiger partial charge in [-0.25, -0.2) is 4.79 Å². The maximum atomic E-state index is 12.7. The molecule has 10 nitrogen and oxygen atoms in total. The second kappa shape index (κ2) is 7.19. The first-order valence-electron chi connectivity index (χ1n) is 9.41. The van der Waals surface area contributed by atoms with E-state index < -0.39 is 11.9 Å². The van der Waals surface area contributed by atoms with Crippen LogP contribution in [0.2, 0.25) is 0 Å². The lowest BCUT2D eigenvalue weighted by Gasteiger charge is -2.31. The molecule has 0 aromatic heterocycles. The summed E-state index contributed by atoms with van der Waals surface area (Å²) in [6.07, 6.45) is 0.493. The van der Waals surface area contributed by atoms with Gasteiger partial charge in [-0.3, -0.25) is 24.5 Å². The van der Waals surface area contributed by atoms with Gasteiger partial charge in [0.2, 0.25) is 17.7 Å². The Morgan fingerprint density at radius 2 is 1.93 bits per heavy atom. The first-order valence-corrected chi connectivity index (χ1v) is 9.41. The summed E-state index contributed by atoms with van der Waals surface area (Å²) in [6, 6.07) is 3.89. The molecule has 4 rings (SSSR count). The van der Waals surface area contributed by atoms with Gasteiger partial charge in [-0.2, -0.15) is 0 Å². The van der Waals surface area contributed by atoms with E-state index >= 15 is 0 Å². The molecular formula is C19H21N5O5. The summed E-state index contributed by atoms with van der Waals surface area (Å²) in [5.41, 5.74) is 1.69. The van der Waals surface area contributed by atoms with E-state index in [1.807, 2.05) is 0 Å². The maximum Gasteiger partial charge on any atom is 0.322 e. The Morgan fingerprint density at radius 1 is 1.14 bits per heavy atom. The summed E-state index contributed by atoms with van der Waals surface area (Å²) in [4.78, 5) is 64.9. The molecule has 1 aromatic carbocycles. The predicted molar refractivity (Wildman–Crippen MR) is 101 cm³/mol. The van der Waals surface area contributed by atoms with Crippen LogP contribution in [0.15, 0.2) is 18.2 Å². The molecule has 2 saturated heterocycles. The number of imide groups is 1. The van der Waals surface area contributed by atoms with Crippen molar-refractivity contribution in [2.45, 2.75) is 25.4 Å². The number of hydrogen-bond donors (Lipinski definition) is 2. The molecule has 3 aliphatic heterocycles. The Kier molecular flexibility index (Phi) is 4.69. The van der Waals surface area contributed by atoms with E-state index in [1.54, 1.807) is 30.1 Å². The number of carbonyl (C=O) groups is 5. The normalized spacial score (nSPS) is 22.0. The van der Waals surface area contributed by atoms with Crippen LogP contribution in [0.3, 0.4) is 0 Å². The number of likely N-dealkylation sites (N-methyl/N-ethyl adjacent to an activating group) is 1. The van der Waals surface area contributed by atoms with Crippen LogP contribution in [0, 0.1) is 0 Å². The third-order valence-electron chi connectivity index (χ3n) is 5.52. The molecule has 1 aromatic rings. The van der Waals surface area contributed by atoms with E-state index in [9.17, 15) is 24.0 Å². The molecule has 152 valence electrons. The molecule has 0 spiro atoms. The largest absolute Gasteiger partial charge is 0.342 e. The second-order valence-electron chi connectivity index (χ2n) is 7.44. The van der Waals surface area contributed by atoms with Gasteiger partial charge in [0.1, 0.15) is 12.6 Å². The van der Waals surface area contributed by atoms with Crippen LogP contribution >= 0.6 is 0 Å². The number of urea groups is 1. The molecule has 0 radical (unpaired) electrons. The highest BCUT2D eigenvalue weighted by Gasteiger charge is 2.39. The van der Waals surface area contributed by atoms with Gasteiger partial charge in [0, 0.05) is 44.4 Å². The van der Waals surface area contributed by atoms with Gasteiger partial charge < -0.3 is 20.0 Å². The van der Waals surface area contributed by atoms with E-state index in [-0.39, 0.29) is 43.3 Å². The number of hydrogen-bond acceptors (Lipinski definition) is 5. The lowest BCUT2D eigenvalue weighted by molar-refractivity contribution is -0.137. The number of piperidine rings is 1. The second-order valence-corrected chi connectivity index (χ2v) is 7.44. The van der Waals surface area contributed by atoms with Crippen molar-refractivity contribution in [1.29, 1.82) is 0 Å². The average Bonchev–Trinajstić information content (AvgIpc) is 3.00. The van der Waals surface area contributed by atoms with E-state index in [4.69, 9.17) is 0 Å². The molecule has 0 saturated carbocycles. The molecule has 3 aliphatic rings. The van der Waals surface area contributed by atoms with Crippen LogP contribution in [-0.4, -0.2) is 77.1 Å². The molecule has 6 amide bonds. The Bertz CT molecular complexity index is 930. The number of nitrogens with one attached hydrogen (secondary N) is 2. The van der Waals surface area contributed by atoms with Crippen molar-refractivity contribution in [3.63, 3.8) is 0 Å². The zero-order valence-corrected chi connectivity index (χ0v) is 15.9. The zero-order chi connectivity index (χ0) is 20.7. The Labute approximate surface area is 166 Å². The number of anilines is 1. The van der Waals surface area contributed by atoms with Crippen LogP contribution in [0.1, 0.15) is 28.8 Å². The van der Waals surface area contributed by atoms with Crippen LogP contribution < -0.4 is 10.6 Å². The van der Waals surface area contributed by atoms with Gasteiger partial charge in [-0.1, -0.05) is 0 Å². The van der Waals surface area contributed by atoms with Gasteiger partial charge in [0.05, 0.1) is 0 Å².